The molecule has 0 atom stereocenters. The molecule has 0 saturated carbocycles. The molecule has 1 rings (SSSR count). The fourth-order valence-corrected chi connectivity index (χ4v) is 1.10. The summed E-state index contributed by atoms with van der Waals surface area (Å²) in [6, 6.07) is 1.90. The Balaban J connectivity index is 2.75. The average molecular weight is 167 g/mol. The van der Waals surface area contributed by atoms with Gasteiger partial charge < -0.3 is 5.73 Å². The number of carbonyl (C=O) groups excluding carboxylic acids is 1. The summed E-state index contributed by atoms with van der Waals surface area (Å²) in [6.45, 7) is 2.00. The first kappa shape index (κ1) is 8.93. The van der Waals surface area contributed by atoms with E-state index in [0.29, 0.717) is 6.42 Å². The monoisotopic (exact) mass is 167 g/mol. The number of ketones is 1. The predicted octanol–water partition coefficient (Wildman–Crippen LogP) is -0.201. The smallest absolute Gasteiger partial charge is 0.152 e. The molecule has 4 nitrogen and oxygen atoms in total. The molecule has 0 unspecified atom stereocenters. The van der Waals surface area contributed by atoms with Crippen molar-refractivity contribution in [2.45, 2.75) is 13.3 Å². The van der Waals surface area contributed by atoms with Gasteiger partial charge in [-0.25, -0.2) is 0 Å². The van der Waals surface area contributed by atoms with Crippen LogP contribution in [0.25, 0.3) is 0 Å². The number of aryl methyl sites for hydroxylation is 2. The molecule has 0 amide bonds. The van der Waals surface area contributed by atoms with Crippen LogP contribution in [-0.4, -0.2) is 22.1 Å². The zero-order valence-corrected chi connectivity index (χ0v) is 7.37. The Morgan fingerprint density at radius 1 is 1.75 bits per heavy atom. The molecule has 12 heavy (non-hydrogen) atoms. The van der Waals surface area contributed by atoms with Gasteiger partial charge in [0.25, 0.3) is 0 Å². The number of nitrogens with zero attached hydrogens (tertiary/aromatic N) is 2. The van der Waals surface area contributed by atoms with E-state index in [1.807, 2.05) is 20.0 Å². The lowest BCUT2D eigenvalue weighted by molar-refractivity contribution is -0.117. The first-order valence-electron chi connectivity index (χ1n) is 3.84. The molecule has 0 saturated heterocycles. The maximum Gasteiger partial charge on any atom is 0.152 e. The van der Waals surface area contributed by atoms with Crippen molar-refractivity contribution in [1.82, 2.24) is 9.78 Å². The first-order chi connectivity index (χ1) is 5.63. The third kappa shape index (κ3) is 1.92. The van der Waals surface area contributed by atoms with Crippen molar-refractivity contribution in [2.75, 3.05) is 6.54 Å². The van der Waals surface area contributed by atoms with Gasteiger partial charge in [0.2, 0.25) is 0 Å². The van der Waals surface area contributed by atoms with Crippen LogP contribution in [0.1, 0.15) is 11.4 Å². The number of nitrogens with two attached hydrogens (primary N) is 1. The molecule has 66 valence electrons. The number of carbonyl (C=O) groups is 1. The quantitative estimate of drug-likeness (QED) is 0.678. The Labute approximate surface area is 71.4 Å². The van der Waals surface area contributed by atoms with Gasteiger partial charge in [0.1, 0.15) is 0 Å². The number of aromatic nitrogens is 2. The Morgan fingerprint density at radius 2 is 2.42 bits per heavy atom. The maximum atomic E-state index is 11.0. The normalized spacial score (nSPS) is 10.2. The highest BCUT2D eigenvalue weighted by Crippen LogP contribution is 2.02. The highest BCUT2D eigenvalue weighted by atomic mass is 16.1. The van der Waals surface area contributed by atoms with Crippen molar-refractivity contribution in [3.8, 4) is 0 Å². The molecule has 0 radical (unpaired) electrons. The van der Waals surface area contributed by atoms with E-state index in [2.05, 4.69) is 5.10 Å². The van der Waals surface area contributed by atoms with Crippen molar-refractivity contribution >= 4 is 5.78 Å². The van der Waals surface area contributed by atoms with Gasteiger partial charge in [0.15, 0.2) is 5.78 Å². The summed E-state index contributed by atoms with van der Waals surface area (Å²) < 4.78 is 1.71. The van der Waals surface area contributed by atoms with Crippen LogP contribution in [0.15, 0.2) is 6.07 Å². The predicted molar refractivity (Wildman–Crippen MR) is 45.7 cm³/mol. The summed E-state index contributed by atoms with van der Waals surface area (Å²) in [5.74, 6) is 0.0398. The molecule has 0 fully saturated rings. The highest BCUT2D eigenvalue weighted by Gasteiger charge is 2.05. The molecule has 2 N–H and O–H groups in total. The molecule has 1 heterocycles. The molecule has 0 aliphatic carbocycles. The van der Waals surface area contributed by atoms with Crippen LogP contribution in [0, 0.1) is 6.92 Å². The van der Waals surface area contributed by atoms with Gasteiger partial charge in [-0.3, -0.25) is 9.48 Å². The SMILES string of the molecule is Cc1cc(CC(=O)CN)n(C)n1. The van der Waals surface area contributed by atoms with Crippen molar-refractivity contribution in [1.29, 1.82) is 0 Å². The van der Waals surface area contributed by atoms with Crippen molar-refractivity contribution in [3.05, 3.63) is 17.5 Å². The summed E-state index contributed by atoms with van der Waals surface area (Å²) >= 11 is 0. The topological polar surface area (TPSA) is 60.9 Å². The third-order valence-electron chi connectivity index (χ3n) is 1.70. The number of hydrogen-bond donors (Lipinski definition) is 1. The van der Waals surface area contributed by atoms with Crippen molar-refractivity contribution in [3.63, 3.8) is 0 Å². The van der Waals surface area contributed by atoms with E-state index in [-0.39, 0.29) is 12.3 Å². The summed E-state index contributed by atoms with van der Waals surface area (Å²) in [4.78, 5) is 11.0. The molecule has 0 aromatic carbocycles. The molecule has 0 aliphatic rings. The second kappa shape index (κ2) is 3.49. The minimum Gasteiger partial charge on any atom is -0.324 e. The lowest BCUT2D eigenvalue weighted by Crippen LogP contribution is -2.17. The Hall–Kier alpha value is -1.16. The van der Waals surface area contributed by atoms with Gasteiger partial charge in [-0.15, -0.1) is 0 Å². The van der Waals surface area contributed by atoms with Crippen LogP contribution >= 0.6 is 0 Å². The van der Waals surface area contributed by atoms with Crippen LogP contribution in [-0.2, 0) is 18.3 Å². The lowest BCUT2D eigenvalue weighted by atomic mass is 10.2. The minimum absolute atomic E-state index is 0.0398. The largest absolute Gasteiger partial charge is 0.324 e. The van der Waals surface area contributed by atoms with Gasteiger partial charge in [-0.05, 0) is 13.0 Å². The molecule has 1 aromatic rings. The van der Waals surface area contributed by atoms with Crippen LogP contribution in [0.4, 0.5) is 0 Å². The van der Waals surface area contributed by atoms with E-state index >= 15 is 0 Å². The Bertz CT molecular complexity index is 290. The standard InChI is InChI=1S/C8H13N3O/c1-6-3-7(11(2)10-6)4-8(12)5-9/h3H,4-5,9H2,1-2H3. The first-order valence-corrected chi connectivity index (χ1v) is 3.84. The number of hydrogen-bond acceptors (Lipinski definition) is 3. The molecule has 1 aromatic heterocycles. The summed E-state index contributed by atoms with van der Waals surface area (Å²) in [5, 5.41) is 4.12. The van der Waals surface area contributed by atoms with Crippen molar-refractivity contribution in [2.24, 2.45) is 12.8 Å². The zero-order chi connectivity index (χ0) is 9.14. The van der Waals surface area contributed by atoms with Gasteiger partial charge in [-0.1, -0.05) is 0 Å². The molecular formula is C8H13N3O. The van der Waals surface area contributed by atoms with Gasteiger partial charge >= 0.3 is 0 Å². The van der Waals surface area contributed by atoms with Crippen LogP contribution in [0.5, 0.6) is 0 Å². The second-order valence-electron chi connectivity index (χ2n) is 2.82. The van der Waals surface area contributed by atoms with E-state index in [4.69, 9.17) is 5.73 Å². The van der Waals surface area contributed by atoms with Gasteiger partial charge in [-0.2, -0.15) is 5.10 Å². The molecule has 0 bridgehead atoms. The fraction of sp³-hybridized carbons (Fsp3) is 0.500. The maximum absolute atomic E-state index is 11.0. The van der Waals surface area contributed by atoms with E-state index < -0.39 is 0 Å². The van der Waals surface area contributed by atoms with Gasteiger partial charge in [0.05, 0.1) is 12.2 Å². The van der Waals surface area contributed by atoms with Crippen LogP contribution < -0.4 is 5.73 Å². The van der Waals surface area contributed by atoms with E-state index in [9.17, 15) is 4.79 Å². The molecule has 0 spiro atoms. The van der Waals surface area contributed by atoms with Gasteiger partial charge in [0, 0.05) is 19.2 Å². The van der Waals surface area contributed by atoms with E-state index in [0.717, 1.165) is 11.4 Å². The molecule has 0 aliphatic heterocycles. The van der Waals surface area contributed by atoms with Crippen LogP contribution in [0.2, 0.25) is 0 Å². The highest BCUT2D eigenvalue weighted by molar-refractivity contribution is 5.82. The molecular weight excluding hydrogens is 154 g/mol. The Kier molecular flexibility index (Phi) is 2.60. The number of rotatable bonds is 3. The van der Waals surface area contributed by atoms with Crippen molar-refractivity contribution < 1.29 is 4.79 Å². The molecule has 4 heteroatoms. The summed E-state index contributed by atoms with van der Waals surface area (Å²) in [7, 11) is 1.83. The Morgan fingerprint density at radius 3 is 2.83 bits per heavy atom. The van der Waals surface area contributed by atoms with E-state index in [1.54, 1.807) is 4.68 Å². The third-order valence-corrected chi connectivity index (χ3v) is 1.70. The van der Waals surface area contributed by atoms with Crippen LogP contribution in [0.3, 0.4) is 0 Å². The average Bonchev–Trinajstić information content (AvgIpc) is 2.30. The summed E-state index contributed by atoms with van der Waals surface area (Å²) in [6.07, 6.45) is 0.383. The summed E-state index contributed by atoms with van der Waals surface area (Å²) in [5.41, 5.74) is 7.05. The fourth-order valence-electron chi connectivity index (χ4n) is 1.10. The second-order valence-corrected chi connectivity index (χ2v) is 2.82. The lowest BCUT2D eigenvalue weighted by Gasteiger charge is -1.97. The minimum atomic E-state index is 0.0398. The number of Topliss-reactive ketones (excluding diaryl/α,β-unsaturated/α-hetero) is 1. The van der Waals surface area contributed by atoms with E-state index in [1.165, 1.54) is 0 Å². The zero-order valence-electron chi connectivity index (χ0n) is 7.37.